The van der Waals surface area contributed by atoms with E-state index in [1.165, 1.54) is 6.08 Å². The number of para-hydroxylation sites is 1. The largest absolute Gasteiger partial charge is 0.465 e. The van der Waals surface area contributed by atoms with E-state index in [1.807, 2.05) is 25.2 Å². The van der Waals surface area contributed by atoms with Crippen LogP contribution in [0.3, 0.4) is 0 Å². The highest BCUT2D eigenvalue weighted by Crippen LogP contribution is 2.21. The maximum atomic E-state index is 12.8. The second-order valence-corrected chi connectivity index (χ2v) is 8.56. The number of carbonyl (C=O) groups excluding carboxylic acids is 3. The number of pyridine rings is 1. The molecule has 2 aromatic heterocycles. The van der Waals surface area contributed by atoms with Crippen molar-refractivity contribution in [3.8, 4) is 0 Å². The zero-order chi connectivity index (χ0) is 24.9. The molecule has 0 radical (unpaired) electrons. The molecule has 0 fully saturated rings. The van der Waals surface area contributed by atoms with E-state index in [0.29, 0.717) is 18.9 Å². The Morgan fingerprint density at radius 3 is 2.75 bits per heavy atom. The van der Waals surface area contributed by atoms with E-state index >= 15 is 0 Å². The van der Waals surface area contributed by atoms with E-state index in [4.69, 9.17) is 4.74 Å². The number of aryl methyl sites for hydroxylation is 1. The van der Waals surface area contributed by atoms with Gasteiger partial charge in [0.15, 0.2) is 0 Å². The molecule has 10 heteroatoms. The number of ether oxygens (including phenoxy) is 1. The fourth-order valence-electron chi connectivity index (χ4n) is 4.14. The SMILES string of the molecule is CCOC(=O)CN1CC(=O)Nc2ncc(C=CC(=O)N(C)Cc3cc4ccccc4n3C)cc2C1.Cl. The summed E-state index contributed by atoms with van der Waals surface area (Å²) in [6.07, 6.45) is 4.82. The molecule has 1 aliphatic heterocycles. The predicted molar refractivity (Wildman–Crippen MR) is 140 cm³/mol. The number of amides is 2. The number of fused-ring (bicyclic) bond motifs is 2. The first-order valence-electron chi connectivity index (χ1n) is 11.5. The highest BCUT2D eigenvalue weighted by Gasteiger charge is 2.22. The standard InChI is InChI=1S/C26H29N5O4.ClH/c1-4-35-25(34)17-31-14-20-11-18(13-27-26(20)28-23(32)16-31)9-10-24(33)29(2)15-21-12-19-7-5-6-8-22(19)30(21)3;/h5-13H,4,14-17H2,1-3H3,(H,27,28,32);1H. The summed E-state index contributed by atoms with van der Waals surface area (Å²) in [6, 6.07) is 12.1. The Kier molecular flexibility index (Phi) is 8.84. The maximum absolute atomic E-state index is 12.8. The first-order chi connectivity index (χ1) is 16.8. The van der Waals surface area contributed by atoms with Crippen LogP contribution in [0.1, 0.15) is 23.7 Å². The van der Waals surface area contributed by atoms with Crippen LogP contribution in [0.15, 0.2) is 48.7 Å². The molecular weight excluding hydrogens is 482 g/mol. The summed E-state index contributed by atoms with van der Waals surface area (Å²) in [5, 5.41) is 3.91. The summed E-state index contributed by atoms with van der Waals surface area (Å²) in [5.74, 6) is -0.304. The van der Waals surface area contributed by atoms with Crippen LogP contribution in [0.25, 0.3) is 17.0 Å². The molecule has 2 amide bonds. The third-order valence-electron chi connectivity index (χ3n) is 5.91. The van der Waals surface area contributed by atoms with Gasteiger partial charge in [-0.05, 0) is 42.1 Å². The molecule has 4 rings (SSSR count). The topological polar surface area (TPSA) is 96.8 Å². The van der Waals surface area contributed by atoms with E-state index in [1.54, 1.807) is 36.0 Å². The number of nitrogens with zero attached hydrogens (tertiary/aromatic N) is 4. The Labute approximate surface area is 216 Å². The number of aromatic nitrogens is 2. The van der Waals surface area contributed by atoms with Crippen LogP contribution >= 0.6 is 12.4 Å². The number of rotatable bonds is 7. The van der Waals surface area contributed by atoms with E-state index in [0.717, 1.165) is 27.7 Å². The van der Waals surface area contributed by atoms with Gasteiger partial charge in [0.25, 0.3) is 0 Å². The Morgan fingerprint density at radius 1 is 1.22 bits per heavy atom. The normalized spacial score (nSPS) is 13.6. The highest BCUT2D eigenvalue weighted by molar-refractivity contribution is 5.94. The molecule has 0 unspecified atom stereocenters. The molecule has 3 heterocycles. The molecule has 1 N–H and O–H groups in total. The molecule has 0 saturated carbocycles. The van der Waals surface area contributed by atoms with Crippen molar-refractivity contribution in [2.45, 2.75) is 20.0 Å². The number of esters is 1. The molecule has 36 heavy (non-hydrogen) atoms. The van der Waals surface area contributed by atoms with Crippen LogP contribution in [-0.4, -0.2) is 63.9 Å². The van der Waals surface area contributed by atoms with Crippen LogP contribution < -0.4 is 5.32 Å². The smallest absolute Gasteiger partial charge is 0.320 e. The summed E-state index contributed by atoms with van der Waals surface area (Å²) in [5.41, 5.74) is 3.65. The second-order valence-electron chi connectivity index (χ2n) is 8.56. The minimum absolute atomic E-state index is 0. The van der Waals surface area contributed by atoms with Gasteiger partial charge in [0, 0.05) is 49.7 Å². The van der Waals surface area contributed by atoms with Crippen molar-refractivity contribution in [3.63, 3.8) is 0 Å². The Bertz CT molecular complexity index is 1300. The van der Waals surface area contributed by atoms with Gasteiger partial charge < -0.3 is 19.5 Å². The zero-order valence-corrected chi connectivity index (χ0v) is 21.4. The van der Waals surface area contributed by atoms with Crippen LogP contribution in [0.5, 0.6) is 0 Å². The van der Waals surface area contributed by atoms with Crippen molar-refractivity contribution in [2.24, 2.45) is 7.05 Å². The van der Waals surface area contributed by atoms with Crippen molar-refractivity contribution in [1.29, 1.82) is 0 Å². The molecule has 1 aliphatic rings. The van der Waals surface area contributed by atoms with Gasteiger partial charge in [0.2, 0.25) is 11.8 Å². The van der Waals surface area contributed by atoms with Gasteiger partial charge >= 0.3 is 5.97 Å². The minimum Gasteiger partial charge on any atom is -0.465 e. The van der Waals surface area contributed by atoms with Gasteiger partial charge in [-0.25, -0.2) is 4.98 Å². The third kappa shape index (κ3) is 6.30. The van der Waals surface area contributed by atoms with Gasteiger partial charge in [-0.15, -0.1) is 12.4 Å². The summed E-state index contributed by atoms with van der Waals surface area (Å²) < 4.78 is 7.10. The van der Waals surface area contributed by atoms with E-state index in [-0.39, 0.29) is 49.9 Å². The number of hydrogen-bond acceptors (Lipinski definition) is 6. The van der Waals surface area contributed by atoms with Gasteiger partial charge in [-0.1, -0.05) is 18.2 Å². The lowest BCUT2D eigenvalue weighted by Gasteiger charge is -2.17. The fraction of sp³-hybridized carbons (Fsp3) is 0.308. The number of anilines is 1. The lowest BCUT2D eigenvalue weighted by molar-refractivity contribution is -0.144. The van der Waals surface area contributed by atoms with E-state index < -0.39 is 0 Å². The van der Waals surface area contributed by atoms with Crippen molar-refractivity contribution >= 4 is 53.0 Å². The van der Waals surface area contributed by atoms with Crippen molar-refractivity contribution in [1.82, 2.24) is 19.4 Å². The molecule has 1 aromatic carbocycles. The number of benzene rings is 1. The van der Waals surface area contributed by atoms with Crippen LogP contribution in [0, 0.1) is 0 Å². The fourth-order valence-corrected chi connectivity index (χ4v) is 4.14. The molecule has 3 aromatic rings. The molecule has 9 nitrogen and oxygen atoms in total. The molecule has 0 bridgehead atoms. The summed E-state index contributed by atoms with van der Waals surface area (Å²) in [6.45, 7) is 2.94. The number of hydrogen-bond donors (Lipinski definition) is 1. The van der Waals surface area contributed by atoms with Crippen LogP contribution in [-0.2, 0) is 39.3 Å². The Morgan fingerprint density at radius 2 is 2.00 bits per heavy atom. The first kappa shape index (κ1) is 26.9. The third-order valence-corrected chi connectivity index (χ3v) is 5.91. The number of halogens is 1. The summed E-state index contributed by atoms with van der Waals surface area (Å²) in [4.78, 5) is 44.6. The van der Waals surface area contributed by atoms with Crippen LogP contribution in [0.2, 0.25) is 0 Å². The Balaban J connectivity index is 0.00000361. The Hall–Kier alpha value is -3.69. The summed E-state index contributed by atoms with van der Waals surface area (Å²) >= 11 is 0. The number of likely N-dealkylation sites (N-methyl/N-ethyl adjacent to an activating group) is 1. The number of carbonyl (C=O) groups is 3. The highest BCUT2D eigenvalue weighted by atomic mass is 35.5. The average Bonchev–Trinajstić information content (AvgIpc) is 3.04. The lowest BCUT2D eigenvalue weighted by atomic mass is 10.1. The van der Waals surface area contributed by atoms with Gasteiger partial charge in [-0.3, -0.25) is 19.3 Å². The molecule has 0 saturated heterocycles. The van der Waals surface area contributed by atoms with E-state index in [9.17, 15) is 14.4 Å². The monoisotopic (exact) mass is 511 g/mol. The molecule has 190 valence electrons. The van der Waals surface area contributed by atoms with E-state index in [2.05, 4.69) is 33.1 Å². The predicted octanol–water partition coefficient (Wildman–Crippen LogP) is 2.98. The van der Waals surface area contributed by atoms with Crippen molar-refractivity contribution in [2.75, 3.05) is 32.1 Å². The molecular formula is C26H30ClN5O4. The first-order valence-corrected chi connectivity index (χ1v) is 11.5. The summed E-state index contributed by atoms with van der Waals surface area (Å²) in [7, 11) is 3.76. The lowest BCUT2D eigenvalue weighted by Crippen LogP contribution is -2.35. The molecule has 0 aliphatic carbocycles. The minimum atomic E-state index is -0.382. The van der Waals surface area contributed by atoms with Gasteiger partial charge in [0.05, 0.1) is 26.2 Å². The average molecular weight is 512 g/mol. The molecule has 0 spiro atoms. The van der Waals surface area contributed by atoms with Crippen molar-refractivity contribution in [3.05, 3.63) is 65.5 Å². The second kappa shape index (κ2) is 11.8. The van der Waals surface area contributed by atoms with Crippen molar-refractivity contribution < 1.29 is 19.1 Å². The van der Waals surface area contributed by atoms with Gasteiger partial charge in [-0.2, -0.15) is 0 Å². The van der Waals surface area contributed by atoms with Gasteiger partial charge in [0.1, 0.15) is 5.82 Å². The molecule has 0 atom stereocenters. The van der Waals surface area contributed by atoms with Crippen LogP contribution in [0.4, 0.5) is 5.82 Å². The maximum Gasteiger partial charge on any atom is 0.320 e. The quantitative estimate of drug-likeness (QED) is 0.387. The zero-order valence-electron chi connectivity index (χ0n) is 20.6. The number of nitrogens with one attached hydrogen (secondary N) is 1.